The molecule has 0 spiro atoms. The van der Waals surface area contributed by atoms with E-state index in [9.17, 15) is 9.59 Å². The van der Waals surface area contributed by atoms with Crippen LogP contribution in [0.3, 0.4) is 0 Å². The highest BCUT2D eigenvalue weighted by Crippen LogP contribution is 2.30. The fourth-order valence-electron chi connectivity index (χ4n) is 1.66. The minimum atomic E-state index is -0.509. The topological polar surface area (TPSA) is 89.2 Å². The Morgan fingerprint density at radius 1 is 1.47 bits per heavy atom. The molecule has 8 heteroatoms. The van der Waals surface area contributed by atoms with E-state index in [4.69, 9.17) is 28.9 Å². The first kappa shape index (κ1) is 12.1. The summed E-state index contributed by atoms with van der Waals surface area (Å²) in [7, 11) is 0. The molecule has 17 heavy (non-hydrogen) atoms. The molecule has 1 aromatic heterocycles. The van der Waals surface area contributed by atoms with E-state index in [2.05, 4.69) is 10.2 Å². The number of amides is 2. The van der Waals surface area contributed by atoms with Crippen molar-refractivity contribution in [2.24, 2.45) is 11.7 Å². The number of carbonyl (C=O) groups excluding carboxylic acids is 2. The van der Waals surface area contributed by atoms with Gasteiger partial charge in [0.1, 0.15) is 0 Å². The first-order chi connectivity index (χ1) is 7.99. The Morgan fingerprint density at radius 3 is 2.76 bits per heavy atom. The van der Waals surface area contributed by atoms with Crippen molar-refractivity contribution in [2.45, 2.75) is 6.42 Å². The molecule has 0 aromatic carbocycles. The normalized spacial score (nSPS) is 19.8. The molecule has 2 N–H and O–H groups in total. The second-order valence-corrected chi connectivity index (χ2v) is 4.40. The molecule has 90 valence electrons. The number of rotatable bonds is 2. The SMILES string of the molecule is NC(=O)C1CC(=O)N(c2cc(Cl)nnc2Cl)C1. The van der Waals surface area contributed by atoms with Crippen LogP contribution in [0.15, 0.2) is 6.07 Å². The van der Waals surface area contributed by atoms with Gasteiger partial charge in [0.2, 0.25) is 11.8 Å². The van der Waals surface area contributed by atoms with Crippen molar-refractivity contribution in [1.29, 1.82) is 0 Å². The van der Waals surface area contributed by atoms with Crippen LogP contribution in [0, 0.1) is 5.92 Å². The van der Waals surface area contributed by atoms with E-state index in [1.165, 1.54) is 11.0 Å². The van der Waals surface area contributed by atoms with Crippen molar-refractivity contribution in [1.82, 2.24) is 10.2 Å². The minimum Gasteiger partial charge on any atom is -0.369 e. The van der Waals surface area contributed by atoms with Crippen LogP contribution in [0.4, 0.5) is 5.69 Å². The van der Waals surface area contributed by atoms with E-state index in [-0.39, 0.29) is 29.2 Å². The second kappa shape index (κ2) is 4.46. The van der Waals surface area contributed by atoms with E-state index in [1.807, 2.05) is 0 Å². The zero-order valence-electron chi connectivity index (χ0n) is 8.56. The lowest BCUT2D eigenvalue weighted by atomic mass is 10.1. The maximum atomic E-state index is 11.7. The summed E-state index contributed by atoms with van der Waals surface area (Å²) in [5.74, 6) is -1.25. The van der Waals surface area contributed by atoms with Gasteiger partial charge >= 0.3 is 0 Å². The maximum absolute atomic E-state index is 11.7. The lowest BCUT2D eigenvalue weighted by Gasteiger charge is -2.16. The zero-order chi connectivity index (χ0) is 12.6. The molecular weight excluding hydrogens is 267 g/mol. The van der Waals surface area contributed by atoms with Gasteiger partial charge in [-0.3, -0.25) is 9.59 Å². The van der Waals surface area contributed by atoms with Gasteiger partial charge in [-0.15, -0.1) is 10.2 Å². The van der Waals surface area contributed by atoms with Crippen LogP contribution in [0.2, 0.25) is 10.3 Å². The summed E-state index contributed by atoms with van der Waals surface area (Å²) in [5.41, 5.74) is 5.51. The average molecular weight is 275 g/mol. The summed E-state index contributed by atoms with van der Waals surface area (Å²) < 4.78 is 0. The van der Waals surface area contributed by atoms with Gasteiger partial charge in [-0.25, -0.2) is 0 Å². The van der Waals surface area contributed by atoms with E-state index < -0.39 is 11.8 Å². The van der Waals surface area contributed by atoms with Gasteiger partial charge in [0.15, 0.2) is 10.3 Å². The van der Waals surface area contributed by atoms with Crippen LogP contribution in [-0.2, 0) is 9.59 Å². The molecule has 2 amide bonds. The summed E-state index contributed by atoms with van der Waals surface area (Å²) in [5, 5.41) is 7.33. The predicted octanol–water partition coefficient (Wildman–Crippen LogP) is 0.622. The van der Waals surface area contributed by atoms with Gasteiger partial charge in [0.05, 0.1) is 11.6 Å². The number of anilines is 1. The summed E-state index contributed by atoms with van der Waals surface area (Å²) >= 11 is 11.5. The number of carbonyl (C=O) groups is 2. The van der Waals surface area contributed by atoms with Crippen molar-refractivity contribution >= 4 is 40.7 Å². The minimum absolute atomic E-state index is 0.0628. The summed E-state index contributed by atoms with van der Waals surface area (Å²) in [6, 6.07) is 1.43. The number of halogens is 2. The van der Waals surface area contributed by atoms with Crippen molar-refractivity contribution in [3.05, 3.63) is 16.4 Å². The lowest BCUT2D eigenvalue weighted by molar-refractivity contribution is -0.123. The number of nitrogens with two attached hydrogens (primary N) is 1. The Balaban J connectivity index is 2.32. The fraction of sp³-hybridized carbons (Fsp3) is 0.333. The van der Waals surface area contributed by atoms with E-state index in [0.717, 1.165) is 0 Å². The van der Waals surface area contributed by atoms with Crippen LogP contribution in [0.25, 0.3) is 0 Å². The van der Waals surface area contributed by atoms with Crippen molar-refractivity contribution < 1.29 is 9.59 Å². The quantitative estimate of drug-likeness (QED) is 0.856. The Labute approximate surface area is 107 Å². The first-order valence-electron chi connectivity index (χ1n) is 4.77. The molecule has 1 aromatic rings. The number of hydrogen-bond acceptors (Lipinski definition) is 4. The zero-order valence-corrected chi connectivity index (χ0v) is 10.1. The average Bonchev–Trinajstić information content (AvgIpc) is 2.64. The van der Waals surface area contributed by atoms with Gasteiger partial charge in [0, 0.05) is 19.0 Å². The van der Waals surface area contributed by atoms with Crippen LogP contribution in [-0.4, -0.2) is 28.6 Å². The molecule has 1 aliphatic heterocycles. The Morgan fingerprint density at radius 2 is 2.18 bits per heavy atom. The van der Waals surface area contributed by atoms with Crippen LogP contribution in [0.5, 0.6) is 0 Å². The molecule has 2 heterocycles. The van der Waals surface area contributed by atoms with E-state index in [1.54, 1.807) is 0 Å². The molecule has 2 rings (SSSR count). The molecule has 0 radical (unpaired) electrons. The molecule has 6 nitrogen and oxygen atoms in total. The fourth-order valence-corrected chi connectivity index (χ4v) is 2.00. The largest absolute Gasteiger partial charge is 0.369 e. The molecule has 1 saturated heterocycles. The van der Waals surface area contributed by atoms with Gasteiger partial charge in [-0.1, -0.05) is 23.2 Å². The molecule has 1 unspecified atom stereocenters. The summed E-state index contributed by atoms with van der Waals surface area (Å²) in [4.78, 5) is 24.1. The van der Waals surface area contributed by atoms with Gasteiger partial charge in [-0.2, -0.15) is 0 Å². The van der Waals surface area contributed by atoms with E-state index in [0.29, 0.717) is 5.69 Å². The molecule has 0 saturated carbocycles. The number of aromatic nitrogens is 2. The number of hydrogen-bond donors (Lipinski definition) is 1. The Kier molecular flexibility index (Phi) is 3.17. The monoisotopic (exact) mass is 274 g/mol. The van der Waals surface area contributed by atoms with Crippen molar-refractivity contribution in [3.8, 4) is 0 Å². The molecule has 0 bridgehead atoms. The van der Waals surface area contributed by atoms with Gasteiger partial charge < -0.3 is 10.6 Å². The molecule has 1 fully saturated rings. The highest BCUT2D eigenvalue weighted by atomic mass is 35.5. The van der Waals surface area contributed by atoms with Crippen LogP contribution >= 0.6 is 23.2 Å². The summed E-state index contributed by atoms with van der Waals surface area (Å²) in [6.45, 7) is 0.190. The number of nitrogens with zero attached hydrogens (tertiary/aromatic N) is 3. The molecule has 0 aliphatic carbocycles. The predicted molar refractivity (Wildman–Crippen MR) is 61.7 cm³/mol. The van der Waals surface area contributed by atoms with Crippen LogP contribution < -0.4 is 10.6 Å². The van der Waals surface area contributed by atoms with E-state index >= 15 is 0 Å². The lowest BCUT2D eigenvalue weighted by Crippen LogP contribution is -2.28. The van der Waals surface area contributed by atoms with Crippen LogP contribution in [0.1, 0.15) is 6.42 Å². The van der Waals surface area contributed by atoms with Crippen molar-refractivity contribution in [2.75, 3.05) is 11.4 Å². The molecular formula is C9H8Cl2N4O2. The molecule has 1 aliphatic rings. The smallest absolute Gasteiger partial charge is 0.227 e. The third-order valence-corrected chi connectivity index (χ3v) is 2.97. The second-order valence-electron chi connectivity index (χ2n) is 3.65. The standard InChI is InChI=1S/C9H8Cl2N4O2/c10-6-2-5(8(11)14-13-6)15-3-4(9(12)17)1-7(15)16/h2,4H,1,3H2,(H2,12,17). The highest BCUT2D eigenvalue weighted by molar-refractivity contribution is 6.34. The van der Waals surface area contributed by atoms with Gasteiger partial charge in [-0.05, 0) is 0 Å². The van der Waals surface area contributed by atoms with Crippen molar-refractivity contribution in [3.63, 3.8) is 0 Å². The van der Waals surface area contributed by atoms with Gasteiger partial charge in [0.25, 0.3) is 0 Å². The summed E-state index contributed by atoms with van der Waals surface area (Å²) in [6.07, 6.45) is 0.0750. The molecule has 1 atom stereocenters. The Bertz CT molecular complexity index is 494. The maximum Gasteiger partial charge on any atom is 0.227 e. The Hall–Kier alpha value is -1.40. The number of primary amides is 1. The highest BCUT2D eigenvalue weighted by Gasteiger charge is 2.35. The third kappa shape index (κ3) is 2.32. The first-order valence-corrected chi connectivity index (χ1v) is 5.53. The third-order valence-electron chi connectivity index (χ3n) is 2.52.